The Kier molecular flexibility index (Phi) is 6.07. The molecule has 4 rings (SSSR count). The van der Waals surface area contributed by atoms with Gasteiger partial charge in [-0.2, -0.15) is 0 Å². The molecule has 1 aliphatic heterocycles. The van der Waals surface area contributed by atoms with Gasteiger partial charge in [0.05, 0.1) is 0 Å². The van der Waals surface area contributed by atoms with Crippen LogP contribution in [0.15, 0.2) is 36.4 Å². The standard InChI is InChI=1S/C17H16Cl2N2O2.C3H6/c1-21-8-13(11-4-2-3-5-16(11)20-17(22)23)12-6-10(18)7-15(19)14(12)9-21;1-2-3-1/h2-7,13,20H,8-9H2,1H3,(H,22,23);1-3H2. The number of likely N-dealkylation sites (N-methyl/N-ethyl adjacent to an activating group) is 1. The molecule has 138 valence electrons. The van der Waals surface area contributed by atoms with E-state index in [0.29, 0.717) is 15.7 Å². The normalized spacial score (nSPS) is 18.3. The summed E-state index contributed by atoms with van der Waals surface area (Å²) >= 11 is 12.6. The van der Waals surface area contributed by atoms with E-state index >= 15 is 0 Å². The highest BCUT2D eigenvalue weighted by atomic mass is 35.5. The van der Waals surface area contributed by atoms with Gasteiger partial charge in [-0.05, 0) is 41.9 Å². The SMILES string of the molecule is C1CC1.CN1Cc2c(Cl)cc(Cl)cc2C(c2ccccc2NC(=O)O)C1. The smallest absolute Gasteiger partial charge is 0.409 e. The topological polar surface area (TPSA) is 52.6 Å². The Hall–Kier alpha value is -1.75. The first-order chi connectivity index (χ1) is 12.5. The van der Waals surface area contributed by atoms with Crippen molar-refractivity contribution in [3.8, 4) is 0 Å². The Bertz CT molecular complexity index is 806. The molecule has 1 amide bonds. The number of benzene rings is 2. The number of nitrogens with zero attached hydrogens (tertiary/aromatic N) is 1. The van der Waals surface area contributed by atoms with E-state index in [1.165, 1.54) is 19.3 Å². The number of nitrogens with one attached hydrogen (secondary N) is 1. The number of hydrogen-bond donors (Lipinski definition) is 2. The Balaban J connectivity index is 0.000000592. The summed E-state index contributed by atoms with van der Waals surface area (Å²) in [5.74, 6) is 0.00278. The van der Waals surface area contributed by atoms with Crippen LogP contribution in [0.5, 0.6) is 0 Å². The van der Waals surface area contributed by atoms with Crippen molar-refractivity contribution in [1.82, 2.24) is 4.90 Å². The molecule has 4 nitrogen and oxygen atoms in total. The van der Waals surface area contributed by atoms with Gasteiger partial charge < -0.3 is 10.0 Å². The van der Waals surface area contributed by atoms with E-state index < -0.39 is 6.09 Å². The molecule has 2 N–H and O–H groups in total. The van der Waals surface area contributed by atoms with Crippen LogP contribution in [-0.4, -0.2) is 29.7 Å². The van der Waals surface area contributed by atoms with E-state index in [0.717, 1.165) is 29.8 Å². The largest absolute Gasteiger partial charge is 0.465 e. The highest BCUT2D eigenvalue weighted by molar-refractivity contribution is 6.35. The van der Waals surface area contributed by atoms with Crippen LogP contribution < -0.4 is 5.32 Å². The van der Waals surface area contributed by atoms with Gasteiger partial charge in [0.1, 0.15) is 0 Å². The number of anilines is 1. The van der Waals surface area contributed by atoms with Crippen LogP contribution in [0.25, 0.3) is 0 Å². The summed E-state index contributed by atoms with van der Waals surface area (Å²) in [6, 6.07) is 11.1. The molecule has 0 aromatic heterocycles. The number of carbonyl (C=O) groups is 1. The van der Waals surface area contributed by atoms with Gasteiger partial charge in [-0.3, -0.25) is 5.32 Å². The van der Waals surface area contributed by atoms with Crippen LogP contribution in [0.4, 0.5) is 10.5 Å². The molecule has 0 radical (unpaired) electrons. The molecule has 1 aliphatic carbocycles. The lowest BCUT2D eigenvalue weighted by atomic mass is 9.84. The second-order valence-corrected chi connectivity index (χ2v) is 7.63. The average molecular weight is 393 g/mol. The van der Waals surface area contributed by atoms with Crippen LogP contribution in [-0.2, 0) is 6.54 Å². The maximum atomic E-state index is 11.1. The minimum Gasteiger partial charge on any atom is -0.465 e. The molecule has 1 unspecified atom stereocenters. The first-order valence-electron chi connectivity index (χ1n) is 8.71. The van der Waals surface area contributed by atoms with E-state index in [2.05, 4.69) is 10.2 Å². The van der Waals surface area contributed by atoms with Crippen molar-refractivity contribution in [2.45, 2.75) is 31.7 Å². The molecular weight excluding hydrogens is 371 g/mol. The number of amides is 1. The fraction of sp³-hybridized carbons (Fsp3) is 0.350. The number of rotatable bonds is 2. The van der Waals surface area contributed by atoms with Gasteiger partial charge in [-0.1, -0.05) is 60.7 Å². The summed E-state index contributed by atoms with van der Waals surface area (Å²) in [4.78, 5) is 13.2. The first-order valence-corrected chi connectivity index (χ1v) is 9.46. The zero-order chi connectivity index (χ0) is 18.7. The van der Waals surface area contributed by atoms with Crippen molar-refractivity contribution in [3.05, 3.63) is 63.1 Å². The molecule has 0 spiro atoms. The average Bonchev–Trinajstić information content (AvgIpc) is 3.44. The molecule has 1 heterocycles. The van der Waals surface area contributed by atoms with Gasteiger partial charge in [0, 0.05) is 34.7 Å². The zero-order valence-corrected chi connectivity index (χ0v) is 16.1. The molecule has 2 aliphatic rings. The van der Waals surface area contributed by atoms with Gasteiger partial charge >= 0.3 is 6.09 Å². The lowest BCUT2D eigenvalue weighted by Crippen LogP contribution is -2.31. The highest BCUT2D eigenvalue weighted by Gasteiger charge is 2.28. The molecule has 1 saturated carbocycles. The predicted molar refractivity (Wildman–Crippen MR) is 107 cm³/mol. The van der Waals surface area contributed by atoms with Gasteiger partial charge in [0.15, 0.2) is 0 Å². The molecule has 6 heteroatoms. The summed E-state index contributed by atoms with van der Waals surface area (Å²) in [5, 5.41) is 12.8. The van der Waals surface area contributed by atoms with Crippen LogP contribution in [0, 0.1) is 0 Å². The Morgan fingerprint density at radius 1 is 1.15 bits per heavy atom. The highest BCUT2D eigenvalue weighted by Crippen LogP contribution is 2.40. The summed E-state index contributed by atoms with van der Waals surface area (Å²) in [6.45, 7) is 1.51. The van der Waals surface area contributed by atoms with E-state index in [1.54, 1.807) is 12.1 Å². The Morgan fingerprint density at radius 2 is 1.85 bits per heavy atom. The Morgan fingerprint density at radius 3 is 2.50 bits per heavy atom. The van der Waals surface area contributed by atoms with Gasteiger partial charge in [-0.25, -0.2) is 4.79 Å². The molecule has 0 saturated heterocycles. The van der Waals surface area contributed by atoms with Gasteiger partial charge in [0.25, 0.3) is 0 Å². The lowest BCUT2D eigenvalue weighted by molar-refractivity contribution is 0.209. The van der Waals surface area contributed by atoms with E-state index in [4.69, 9.17) is 28.3 Å². The third-order valence-corrected chi connectivity index (χ3v) is 4.98. The van der Waals surface area contributed by atoms with Crippen molar-refractivity contribution < 1.29 is 9.90 Å². The van der Waals surface area contributed by atoms with Crippen molar-refractivity contribution >= 4 is 35.0 Å². The Labute approximate surface area is 163 Å². The number of halogens is 2. The maximum Gasteiger partial charge on any atom is 0.409 e. The molecular formula is C20H22Cl2N2O2. The molecule has 2 aromatic rings. The summed E-state index contributed by atoms with van der Waals surface area (Å²) in [5.41, 5.74) is 3.60. The molecule has 26 heavy (non-hydrogen) atoms. The van der Waals surface area contributed by atoms with E-state index in [-0.39, 0.29) is 5.92 Å². The molecule has 1 fully saturated rings. The third-order valence-electron chi connectivity index (χ3n) is 4.42. The van der Waals surface area contributed by atoms with Crippen LogP contribution in [0.2, 0.25) is 10.0 Å². The van der Waals surface area contributed by atoms with Crippen molar-refractivity contribution in [2.75, 3.05) is 18.9 Å². The molecule has 0 bridgehead atoms. The second-order valence-electron chi connectivity index (χ2n) is 6.78. The monoisotopic (exact) mass is 392 g/mol. The minimum absolute atomic E-state index is 0.00278. The van der Waals surface area contributed by atoms with Crippen molar-refractivity contribution in [3.63, 3.8) is 0 Å². The summed E-state index contributed by atoms with van der Waals surface area (Å²) in [7, 11) is 2.02. The fourth-order valence-corrected chi connectivity index (χ4v) is 3.71. The predicted octanol–water partition coefficient (Wildman–Crippen LogP) is 5.83. The first kappa shape index (κ1) is 19.0. The zero-order valence-electron chi connectivity index (χ0n) is 14.6. The number of carboxylic acid groups (broad SMARTS) is 1. The quantitative estimate of drug-likeness (QED) is 0.675. The third kappa shape index (κ3) is 4.70. The fourth-order valence-electron chi connectivity index (χ4n) is 3.14. The number of hydrogen-bond acceptors (Lipinski definition) is 2. The number of para-hydroxylation sites is 1. The van der Waals surface area contributed by atoms with Gasteiger partial charge in [0.2, 0.25) is 0 Å². The summed E-state index contributed by atoms with van der Waals surface area (Å²) in [6.07, 6.45) is 3.42. The van der Waals surface area contributed by atoms with Crippen molar-refractivity contribution in [1.29, 1.82) is 0 Å². The second kappa shape index (κ2) is 8.30. The van der Waals surface area contributed by atoms with Crippen molar-refractivity contribution in [2.24, 2.45) is 0 Å². The summed E-state index contributed by atoms with van der Waals surface area (Å²) < 4.78 is 0. The van der Waals surface area contributed by atoms with Crippen LogP contribution >= 0.6 is 23.2 Å². The van der Waals surface area contributed by atoms with E-state index in [9.17, 15) is 4.79 Å². The van der Waals surface area contributed by atoms with Crippen LogP contribution in [0.1, 0.15) is 41.9 Å². The lowest BCUT2D eigenvalue weighted by Gasteiger charge is -2.34. The molecule has 1 atom stereocenters. The van der Waals surface area contributed by atoms with Gasteiger partial charge in [-0.15, -0.1) is 0 Å². The van der Waals surface area contributed by atoms with E-state index in [1.807, 2.05) is 31.3 Å². The van der Waals surface area contributed by atoms with Crippen LogP contribution in [0.3, 0.4) is 0 Å². The maximum absolute atomic E-state index is 11.1. The molecule has 2 aromatic carbocycles. The number of fused-ring (bicyclic) bond motifs is 1. The minimum atomic E-state index is -1.08.